The molecule has 0 bridgehead atoms. The predicted molar refractivity (Wildman–Crippen MR) is 109 cm³/mol. The minimum absolute atomic E-state index is 0.0865. The number of hydrogen-bond donors (Lipinski definition) is 1. The summed E-state index contributed by atoms with van der Waals surface area (Å²) >= 11 is 0. The van der Waals surface area contributed by atoms with E-state index in [1.54, 1.807) is 6.20 Å². The Hall–Kier alpha value is -3.03. The van der Waals surface area contributed by atoms with Crippen LogP contribution < -0.4 is 15.6 Å². The van der Waals surface area contributed by atoms with Gasteiger partial charge in [0.05, 0.1) is 0 Å². The largest absolute Gasteiger partial charge is 0.448 e. The second-order valence-corrected chi connectivity index (χ2v) is 7.60. The van der Waals surface area contributed by atoms with Gasteiger partial charge in [0.25, 0.3) is 5.56 Å². The van der Waals surface area contributed by atoms with E-state index in [9.17, 15) is 13.6 Å². The lowest BCUT2D eigenvalue weighted by Gasteiger charge is -2.19. The normalized spacial score (nSPS) is 12.6. The first-order valence-corrected chi connectivity index (χ1v) is 9.49. The summed E-state index contributed by atoms with van der Waals surface area (Å²) in [6.07, 6.45) is 1.59. The molecule has 1 N–H and O–H groups in total. The van der Waals surface area contributed by atoms with E-state index in [2.05, 4.69) is 29.1 Å². The third kappa shape index (κ3) is 4.36. The van der Waals surface area contributed by atoms with Gasteiger partial charge in [-0.3, -0.25) is 9.36 Å². The molecule has 0 amide bonds. The number of anilines is 1. The fraction of sp³-hybridized carbons (Fsp3) is 0.381. The summed E-state index contributed by atoms with van der Waals surface area (Å²) in [7, 11) is 0. The Morgan fingerprint density at radius 3 is 2.41 bits per heavy atom. The highest BCUT2D eigenvalue weighted by atomic mass is 19.1. The Morgan fingerprint density at radius 2 is 1.79 bits per heavy atom. The van der Waals surface area contributed by atoms with Crippen molar-refractivity contribution in [2.45, 2.75) is 46.7 Å². The first-order chi connectivity index (χ1) is 13.7. The molecule has 0 aliphatic heterocycles. The van der Waals surface area contributed by atoms with Crippen LogP contribution in [0.1, 0.15) is 40.7 Å². The molecule has 1 unspecified atom stereocenters. The van der Waals surface area contributed by atoms with Crippen LogP contribution in [0.15, 0.2) is 35.3 Å². The van der Waals surface area contributed by atoms with Gasteiger partial charge in [0.1, 0.15) is 11.5 Å². The van der Waals surface area contributed by atoms with E-state index in [0.29, 0.717) is 29.0 Å². The van der Waals surface area contributed by atoms with E-state index in [-0.39, 0.29) is 23.6 Å². The number of rotatable bonds is 6. The van der Waals surface area contributed by atoms with Crippen LogP contribution in [0.3, 0.4) is 0 Å². The second kappa shape index (κ2) is 8.14. The fourth-order valence-electron chi connectivity index (χ4n) is 2.76. The number of nitrogens with zero attached hydrogens (tertiary/aromatic N) is 3. The van der Waals surface area contributed by atoms with Crippen molar-refractivity contribution < 1.29 is 13.5 Å². The van der Waals surface area contributed by atoms with Crippen molar-refractivity contribution >= 4 is 17.0 Å². The summed E-state index contributed by atoms with van der Waals surface area (Å²) in [6, 6.07) is 4.30. The summed E-state index contributed by atoms with van der Waals surface area (Å²) in [5.74, 6) is -1.13. The molecular weight excluding hydrogens is 378 g/mol. The van der Waals surface area contributed by atoms with Crippen LogP contribution in [-0.4, -0.2) is 20.6 Å². The maximum absolute atomic E-state index is 14.0. The number of aromatic nitrogens is 3. The van der Waals surface area contributed by atoms with Gasteiger partial charge in [-0.05, 0) is 44.9 Å². The molecule has 0 radical (unpaired) electrons. The third-order valence-corrected chi connectivity index (χ3v) is 4.73. The summed E-state index contributed by atoms with van der Waals surface area (Å²) in [4.78, 5) is 21.8. The molecule has 0 spiro atoms. The van der Waals surface area contributed by atoms with Gasteiger partial charge in [-0.2, -0.15) is 4.98 Å². The van der Waals surface area contributed by atoms with Gasteiger partial charge in [-0.15, -0.1) is 0 Å². The third-order valence-electron chi connectivity index (χ3n) is 4.73. The van der Waals surface area contributed by atoms with Crippen LogP contribution in [0.4, 0.5) is 14.7 Å². The van der Waals surface area contributed by atoms with Gasteiger partial charge in [0.2, 0.25) is 5.95 Å². The van der Waals surface area contributed by atoms with Crippen molar-refractivity contribution in [2.75, 3.05) is 5.32 Å². The van der Waals surface area contributed by atoms with Crippen molar-refractivity contribution in [3.63, 3.8) is 0 Å². The molecule has 3 rings (SSSR count). The zero-order chi connectivity index (χ0) is 21.3. The minimum Gasteiger partial charge on any atom is -0.448 e. The summed E-state index contributed by atoms with van der Waals surface area (Å²) in [5.41, 5.74) is -0.0110. The number of fused-ring (bicyclic) bond motifs is 1. The van der Waals surface area contributed by atoms with Crippen LogP contribution in [0.2, 0.25) is 0 Å². The maximum atomic E-state index is 14.0. The van der Waals surface area contributed by atoms with Gasteiger partial charge in [-0.25, -0.2) is 13.8 Å². The molecule has 1 atom stereocenters. The summed E-state index contributed by atoms with van der Waals surface area (Å²) in [6.45, 7) is 9.88. The molecule has 1 aromatic carbocycles. The van der Waals surface area contributed by atoms with Crippen molar-refractivity contribution in [3.05, 3.63) is 52.5 Å². The average Bonchev–Trinajstić information content (AvgIpc) is 2.64. The highest BCUT2D eigenvalue weighted by Gasteiger charge is 2.18. The Bertz CT molecular complexity index is 1100. The molecule has 0 saturated heterocycles. The average molecular weight is 402 g/mol. The number of benzene rings is 1. The Balaban J connectivity index is 2.09. The quantitative estimate of drug-likeness (QED) is 0.635. The second-order valence-electron chi connectivity index (χ2n) is 7.60. The molecule has 0 aliphatic rings. The molecule has 29 heavy (non-hydrogen) atoms. The monoisotopic (exact) mass is 402 g/mol. The number of halogens is 2. The van der Waals surface area contributed by atoms with Crippen molar-refractivity contribution in [1.29, 1.82) is 0 Å². The molecule has 8 heteroatoms. The highest BCUT2D eigenvalue weighted by Crippen LogP contribution is 2.26. The highest BCUT2D eigenvalue weighted by molar-refractivity contribution is 5.77. The van der Waals surface area contributed by atoms with Crippen LogP contribution in [0.25, 0.3) is 11.0 Å². The molecule has 0 saturated carbocycles. The molecule has 2 aromatic heterocycles. The van der Waals surface area contributed by atoms with E-state index in [4.69, 9.17) is 4.74 Å². The number of pyridine rings is 1. The number of ether oxygens (including phenoxy) is 1. The van der Waals surface area contributed by atoms with E-state index in [0.717, 1.165) is 12.1 Å². The van der Waals surface area contributed by atoms with Crippen LogP contribution in [0, 0.1) is 17.6 Å². The first-order valence-electron chi connectivity index (χ1n) is 9.49. The van der Waals surface area contributed by atoms with E-state index in [1.807, 2.05) is 20.8 Å². The van der Waals surface area contributed by atoms with Gasteiger partial charge in [0.15, 0.2) is 17.3 Å². The van der Waals surface area contributed by atoms with E-state index in [1.165, 1.54) is 10.6 Å². The van der Waals surface area contributed by atoms with Crippen molar-refractivity contribution in [2.24, 2.45) is 5.92 Å². The van der Waals surface area contributed by atoms with Crippen molar-refractivity contribution in [3.8, 4) is 11.5 Å². The van der Waals surface area contributed by atoms with Gasteiger partial charge in [-0.1, -0.05) is 13.8 Å². The van der Waals surface area contributed by atoms with Crippen LogP contribution in [0.5, 0.6) is 11.5 Å². The predicted octanol–water partition coefficient (Wildman–Crippen LogP) is 4.90. The zero-order valence-electron chi connectivity index (χ0n) is 17.0. The first kappa shape index (κ1) is 20.7. The molecule has 3 aromatic rings. The zero-order valence-corrected chi connectivity index (χ0v) is 17.0. The maximum Gasteiger partial charge on any atom is 0.295 e. The molecule has 0 fully saturated rings. The lowest BCUT2D eigenvalue weighted by molar-refractivity contribution is 0.425. The smallest absolute Gasteiger partial charge is 0.295 e. The molecule has 6 nitrogen and oxygen atoms in total. The lowest BCUT2D eigenvalue weighted by atomic mass is 10.1. The van der Waals surface area contributed by atoms with Crippen LogP contribution >= 0.6 is 0 Å². The summed E-state index contributed by atoms with van der Waals surface area (Å²) < 4.78 is 34.1. The topological polar surface area (TPSA) is 69.0 Å². The van der Waals surface area contributed by atoms with Gasteiger partial charge in [0, 0.05) is 29.7 Å². The SMILES string of the molecule is CC(C)C(C)Nc1ncc2cc(Oc3ccc(F)cc3F)c(=O)n(C(C)C)c2n1. The van der Waals surface area contributed by atoms with E-state index >= 15 is 0 Å². The Morgan fingerprint density at radius 1 is 1.07 bits per heavy atom. The molecule has 2 heterocycles. The molecular formula is C21H24F2N4O2. The Labute approximate surface area is 167 Å². The van der Waals surface area contributed by atoms with Gasteiger partial charge < -0.3 is 10.1 Å². The molecule has 154 valence electrons. The number of nitrogens with one attached hydrogen (secondary N) is 1. The fourth-order valence-corrected chi connectivity index (χ4v) is 2.76. The molecule has 0 aliphatic carbocycles. The summed E-state index contributed by atoms with van der Waals surface area (Å²) in [5, 5.41) is 3.80. The standard InChI is InChI=1S/C21H24F2N4O2/c1-11(2)13(5)25-21-24-10-14-8-18(20(28)27(12(3)4)19(14)26-21)29-17-7-6-15(22)9-16(17)23/h6-13H,1-5H3,(H,24,25,26). The van der Waals surface area contributed by atoms with Crippen molar-refractivity contribution in [1.82, 2.24) is 14.5 Å². The minimum atomic E-state index is -0.890. The number of hydrogen-bond acceptors (Lipinski definition) is 5. The van der Waals surface area contributed by atoms with E-state index < -0.39 is 17.2 Å². The van der Waals surface area contributed by atoms with Crippen LogP contribution in [-0.2, 0) is 0 Å². The Kier molecular flexibility index (Phi) is 5.81. The lowest BCUT2D eigenvalue weighted by Crippen LogP contribution is -2.26. The van der Waals surface area contributed by atoms with Gasteiger partial charge >= 0.3 is 0 Å².